The number of anilines is 1. The average Bonchev–Trinajstić information content (AvgIpc) is 3.53. The van der Waals surface area contributed by atoms with Crippen LogP contribution in [0, 0.1) is 0 Å². The predicted octanol–water partition coefficient (Wildman–Crippen LogP) is 5.32. The number of nitrogens with zero attached hydrogens (tertiary/aromatic N) is 2. The van der Waals surface area contributed by atoms with Crippen LogP contribution < -0.4 is 14.4 Å². The van der Waals surface area contributed by atoms with Crippen LogP contribution in [0.2, 0.25) is 0 Å². The highest BCUT2D eigenvalue weighted by atomic mass is 32.2. The fourth-order valence-electron chi connectivity index (χ4n) is 5.54. The summed E-state index contributed by atoms with van der Waals surface area (Å²) in [6.45, 7) is 3.49. The number of sulfonamides is 1. The summed E-state index contributed by atoms with van der Waals surface area (Å²) in [7, 11) is -2.53. The van der Waals surface area contributed by atoms with E-state index >= 15 is 0 Å². The van der Waals surface area contributed by atoms with Crippen LogP contribution in [0.5, 0.6) is 5.75 Å². The maximum Gasteiger partial charge on any atom is 0.264 e. The fourth-order valence-corrected chi connectivity index (χ4v) is 7.01. The number of ether oxygens (including phenoxy) is 1. The van der Waals surface area contributed by atoms with Gasteiger partial charge >= 0.3 is 0 Å². The molecule has 0 spiro atoms. The minimum Gasteiger partial charge on any atom is -0.497 e. The number of aryl methyl sites for hydroxylation is 1. The van der Waals surface area contributed by atoms with Crippen LogP contribution in [0.4, 0.5) is 5.69 Å². The number of rotatable bonds is 13. The molecule has 9 heteroatoms. The number of hydrogen-bond donors (Lipinski definition) is 1. The normalized spacial score (nSPS) is 14.3. The number of hydrogen-bond acceptors (Lipinski definition) is 5. The number of amides is 2. The molecule has 1 saturated carbocycles. The molecule has 224 valence electrons. The third-order valence-electron chi connectivity index (χ3n) is 7.83. The van der Waals surface area contributed by atoms with Crippen molar-refractivity contribution in [1.29, 1.82) is 0 Å². The summed E-state index contributed by atoms with van der Waals surface area (Å²) in [5, 5.41) is 3.14. The highest BCUT2D eigenvalue weighted by molar-refractivity contribution is 7.92. The molecule has 0 aliphatic heterocycles. The summed E-state index contributed by atoms with van der Waals surface area (Å²) < 4.78 is 34.7. The van der Waals surface area contributed by atoms with Gasteiger partial charge in [0, 0.05) is 12.6 Å². The number of para-hydroxylation sites is 1. The Morgan fingerprint density at radius 3 is 2.31 bits per heavy atom. The summed E-state index contributed by atoms with van der Waals surface area (Å²) in [6.07, 6.45) is 4.94. The van der Waals surface area contributed by atoms with E-state index in [4.69, 9.17) is 4.74 Å². The molecular formula is C33H41N3O5S. The summed E-state index contributed by atoms with van der Waals surface area (Å²) in [5.74, 6) is -0.0442. The summed E-state index contributed by atoms with van der Waals surface area (Å²) >= 11 is 0. The van der Waals surface area contributed by atoms with Crippen LogP contribution >= 0.6 is 0 Å². The highest BCUT2D eigenvalue weighted by Gasteiger charge is 2.35. The van der Waals surface area contributed by atoms with Crippen LogP contribution in [0.25, 0.3) is 0 Å². The van der Waals surface area contributed by atoms with Gasteiger partial charge < -0.3 is 15.0 Å². The van der Waals surface area contributed by atoms with Crippen LogP contribution in [0.3, 0.4) is 0 Å². The van der Waals surface area contributed by atoms with E-state index in [2.05, 4.69) is 5.32 Å². The predicted molar refractivity (Wildman–Crippen MR) is 165 cm³/mol. The second kappa shape index (κ2) is 14.4. The SMILES string of the molecule is CCc1ccccc1N(CC(=O)N(Cc1cccc(OC)c1)C(CC)C(=O)NC1CCCC1)S(=O)(=O)c1ccccc1. The molecule has 1 aliphatic rings. The zero-order valence-electron chi connectivity index (χ0n) is 24.7. The van der Waals surface area contributed by atoms with E-state index in [-0.39, 0.29) is 23.4 Å². The maximum atomic E-state index is 14.3. The minimum atomic E-state index is -4.10. The average molecular weight is 592 g/mol. The van der Waals surface area contributed by atoms with Gasteiger partial charge in [-0.3, -0.25) is 13.9 Å². The molecule has 1 atom stereocenters. The molecule has 0 radical (unpaired) electrons. The number of nitrogens with one attached hydrogen (secondary N) is 1. The van der Waals surface area contributed by atoms with E-state index in [0.717, 1.165) is 36.8 Å². The summed E-state index contributed by atoms with van der Waals surface area (Å²) in [6, 6.07) is 22.0. The van der Waals surface area contributed by atoms with Crippen LogP contribution in [0.1, 0.15) is 57.1 Å². The Morgan fingerprint density at radius 2 is 1.64 bits per heavy atom. The van der Waals surface area contributed by atoms with E-state index in [1.165, 1.54) is 21.3 Å². The smallest absolute Gasteiger partial charge is 0.264 e. The molecule has 1 aliphatic carbocycles. The minimum absolute atomic E-state index is 0.0895. The first-order valence-electron chi connectivity index (χ1n) is 14.7. The van der Waals surface area contributed by atoms with Crippen molar-refractivity contribution >= 4 is 27.5 Å². The third kappa shape index (κ3) is 7.31. The van der Waals surface area contributed by atoms with Crippen molar-refractivity contribution in [1.82, 2.24) is 10.2 Å². The van der Waals surface area contributed by atoms with Crippen molar-refractivity contribution in [2.24, 2.45) is 0 Å². The number of carbonyl (C=O) groups excluding carboxylic acids is 2. The second-order valence-electron chi connectivity index (χ2n) is 10.6. The van der Waals surface area contributed by atoms with Gasteiger partial charge in [0.25, 0.3) is 10.0 Å². The van der Waals surface area contributed by atoms with E-state index in [0.29, 0.717) is 24.3 Å². The Balaban J connectivity index is 1.74. The molecule has 42 heavy (non-hydrogen) atoms. The number of carbonyl (C=O) groups is 2. The van der Waals surface area contributed by atoms with Gasteiger partial charge in [-0.2, -0.15) is 0 Å². The van der Waals surface area contributed by atoms with Gasteiger partial charge in [-0.1, -0.05) is 75.2 Å². The molecule has 4 rings (SSSR count). The zero-order chi connectivity index (χ0) is 30.1. The summed E-state index contributed by atoms with van der Waals surface area (Å²) in [5.41, 5.74) is 2.03. The lowest BCUT2D eigenvalue weighted by molar-refractivity contribution is -0.140. The van der Waals surface area contributed by atoms with Gasteiger partial charge in [0.05, 0.1) is 17.7 Å². The molecule has 3 aromatic rings. The van der Waals surface area contributed by atoms with Gasteiger partial charge in [0.1, 0.15) is 18.3 Å². The van der Waals surface area contributed by atoms with E-state index < -0.39 is 28.5 Å². The Bertz CT molecular complexity index is 1460. The molecule has 1 N–H and O–H groups in total. The lowest BCUT2D eigenvalue weighted by atomic mass is 10.1. The Morgan fingerprint density at radius 1 is 0.952 bits per heavy atom. The molecule has 0 aromatic heterocycles. The second-order valence-corrected chi connectivity index (χ2v) is 12.5. The molecule has 0 saturated heterocycles. The molecular weight excluding hydrogens is 550 g/mol. The van der Waals surface area contributed by atoms with Gasteiger partial charge in [-0.15, -0.1) is 0 Å². The van der Waals surface area contributed by atoms with Crippen molar-refractivity contribution < 1.29 is 22.7 Å². The van der Waals surface area contributed by atoms with E-state index in [9.17, 15) is 18.0 Å². The molecule has 8 nitrogen and oxygen atoms in total. The lowest BCUT2D eigenvalue weighted by Gasteiger charge is -2.34. The monoisotopic (exact) mass is 591 g/mol. The van der Waals surface area contributed by atoms with Crippen molar-refractivity contribution in [3.05, 3.63) is 90.0 Å². The number of benzene rings is 3. The quantitative estimate of drug-likeness (QED) is 0.290. The van der Waals surface area contributed by atoms with E-state index in [1.54, 1.807) is 37.4 Å². The van der Waals surface area contributed by atoms with Gasteiger partial charge in [0.15, 0.2) is 0 Å². The first-order valence-corrected chi connectivity index (χ1v) is 16.1. The molecule has 3 aromatic carbocycles. The van der Waals surface area contributed by atoms with Gasteiger partial charge in [-0.25, -0.2) is 8.42 Å². The van der Waals surface area contributed by atoms with Crippen LogP contribution in [-0.4, -0.2) is 50.9 Å². The lowest BCUT2D eigenvalue weighted by Crippen LogP contribution is -2.53. The Labute approximate surface area is 249 Å². The maximum absolute atomic E-state index is 14.3. The first kappa shape index (κ1) is 31.1. The van der Waals surface area contributed by atoms with Crippen molar-refractivity contribution in [3.8, 4) is 5.75 Å². The molecule has 0 bridgehead atoms. The standard InChI is InChI=1S/C33H41N3O5S/c1-4-26-15-9-12-21-31(26)36(42(39,40)29-19-7-6-8-20-29)24-32(37)35(23-25-14-13-18-28(22-25)41-3)30(5-2)33(38)34-27-16-10-11-17-27/h6-9,12-15,18-22,27,30H,4-5,10-11,16-17,23-24H2,1-3H3,(H,34,38). The molecule has 1 unspecified atom stereocenters. The molecule has 0 heterocycles. The van der Waals surface area contributed by atoms with E-state index in [1.807, 2.05) is 50.2 Å². The largest absolute Gasteiger partial charge is 0.497 e. The van der Waals surface area contributed by atoms with Gasteiger partial charge in [-0.05, 0) is 67.1 Å². The van der Waals surface area contributed by atoms with Crippen molar-refractivity contribution in [2.75, 3.05) is 18.0 Å². The van der Waals surface area contributed by atoms with Crippen molar-refractivity contribution in [3.63, 3.8) is 0 Å². The Hall–Kier alpha value is -3.85. The highest BCUT2D eigenvalue weighted by Crippen LogP contribution is 2.29. The van der Waals surface area contributed by atoms with Gasteiger partial charge in [0.2, 0.25) is 11.8 Å². The molecule has 1 fully saturated rings. The summed E-state index contributed by atoms with van der Waals surface area (Å²) in [4.78, 5) is 29.5. The Kier molecular flexibility index (Phi) is 10.6. The van der Waals surface area contributed by atoms with Crippen LogP contribution in [0.15, 0.2) is 83.8 Å². The topological polar surface area (TPSA) is 96.0 Å². The number of methoxy groups -OCH3 is 1. The van der Waals surface area contributed by atoms with Crippen molar-refractivity contribution in [2.45, 2.75) is 75.9 Å². The molecule has 2 amide bonds. The fraction of sp³-hybridized carbons (Fsp3) is 0.394. The third-order valence-corrected chi connectivity index (χ3v) is 9.60. The zero-order valence-corrected chi connectivity index (χ0v) is 25.5. The van der Waals surface area contributed by atoms with Crippen LogP contribution in [-0.2, 0) is 32.6 Å². The first-order chi connectivity index (χ1) is 20.3.